The van der Waals surface area contributed by atoms with Crippen molar-refractivity contribution >= 4 is 5.69 Å². The molecular formula is C14H16N4O4. The van der Waals surface area contributed by atoms with Crippen LogP contribution in [0.4, 0.5) is 5.69 Å². The van der Waals surface area contributed by atoms with Crippen molar-refractivity contribution in [3.05, 3.63) is 40.3 Å². The Morgan fingerprint density at radius 1 is 1.50 bits per heavy atom. The second kappa shape index (κ2) is 6.20. The summed E-state index contributed by atoms with van der Waals surface area (Å²) in [7, 11) is 0. The first-order valence-electron chi connectivity index (χ1n) is 7.06. The van der Waals surface area contributed by atoms with Crippen LogP contribution >= 0.6 is 0 Å². The number of benzene rings is 1. The highest BCUT2D eigenvalue weighted by molar-refractivity contribution is 5.58. The number of hydrogen-bond donors (Lipinski definition) is 1. The Balaban J connectivity index is 1.71. The van der Waals surface area contributed by atoms with Crippen LogP contribution in [0.25, 0.3) is 11.4 Å². The quantitative estimate of drug-likeness (QED) is 0.658. The molecule has 1 aromatic carbocycles. The number of rotatable bonds is 5. The van der Waals surface area contributed by atoms with Gasteiger partial charge in [-0.1, -0.05) is 17.3 Å². The van der Waals surface area contributed by atoms with Crippen molar-refractivity contribution in [3.63, 3.8) is 0 Å². The summed E-state index contributed by atoms with van der Waals surface area (Å²) in [6.45, 7) is 2.42. The largest absolute Gasteiger partial charge is 0.396 e. The zero-order valence-corrected chi connectivity index (χ0v) is 11.9. The molecule has 1 aromatic heterocycles. The van der Waals surface area contributed by atoms with E-state index in [2.05, 4.69) is 15.0 Å². The monoisotopic (exact) mass is 304 g/mol. The van der Waals surface area contributed by atoms with Crippen LogP contribution in [0.3, 0.4) is 0 Å². The zero-order chi connectivity index (χ0) is 15.5. The van der Waals surface area contributed by atoms with E-state index in [1.165, 1.54) is 12.1 Å². The molecule has 0 radical (unpaired) electrons. The van der Waals surface area contributed by atoms with Crippen molar-refractivity contribution in [3.8, 4) is 11.4 Å². The second-order valence-electron chi connectivity index (χ2n) is 5.39. The minimum atomic E-state index is -0.455. The molecule has 1 atom stereocenters. The summed E-state index contributed by atoms with van der Waals surface area (Å²) in [5, 5.41) is 23.8. The Hall–Kier alpha value is -2.32. The zero-order valence-electron chi connectivity index (χ0n) is 11.9. The highest BCUT2D eigenvalue weighted by atomic mass is 16.6. The molecule has 0 aliphatic carbocycles. The molecule has 2 aromatic rings. The molecule has 116 valence electrons. The van der Waals surface area contributed by atoms with E-state index in [1.54, 1.807) is 12.1 Å². The number of nitro benzene ring substituents is 1. The Morgan fingerprint density at radius 2 is 2.36 bits per heavy atom. The third-order valence-corrected chi connectivity index (χ3v) is 3.77. The molecule has 0 amide bonds. The summed E-state index contributed by atoms with van der Waals surface area (Å²) in [4.78, 5) is 16.8. The van der Waals surface area contributed by atoms with E-state index >= 15 is 0 Å². The van der Waals surface area contributed by atoms with Gasteiger partial charge in [0.2, 0.25) is 11.7 Å². The van der Waals surface area contributed by atoms with Gasteiger partial charge in [-0.25, -0.2) is 0 Å². The molecule has 1 aliphatic rings. The van der Waals surface area contributed by atoms with Gasteiger partial charge in [-0.05, 0) is 18.9 Å². The Kier molecular flexibility index (Phi) is 4.12. The van der Waals surface area contributed by atoms with Crippen LogP contribution in [-0.2, 0) is 6.54 Å². The lowest BCUT2D eigenvalue weighted by molar-refractivity contribution is -0.384. The van der Waals surface area contributed by atoms with Crippen molar-refractivity contribution in [1.29, 1.82) is 0 Å². The van der Waals surface area contributed by atoms with Gasteiger partial charge in [0, 0.05) is 30.8 Å². The third-order valence-electron chi connectivity index (χ3n) is 3.77. The van der Waals surface area contributed by atoms with Crippen molar-refractivity contribution in [2.75, 3.05) is 19.7 Å². The predicted octanol–water partition coefficient (Wildman–Crippen LogP) is 1.46. The normalized spacial score (nSPS) is 18.7. The van der Waals surface area contributed by atoms with Gasteiger partial charge in [-0.15, -0.1) is 0 Å². The maximum atomic E-state index is 10.8. The molecule has 1 aliphatic heterocycles. The Morgan fingerprint density at radius 3 is 3.09 bits per heavy atom. The lowest BCUT2D eigenvalue weighted by Crippen LogP contribution is -2.21. The molecule has 1 N–H and O–H groups in total. The lowest BCUT2D eigenvalue weighted by atomic mass is 10.1. The molecule has 0 saturated carbocycles. The Bertz CT molecular complexity index is 672. The molecule has 1 unspecified atom stereocenters. The maximum Gasteiger partial charge on any atom is 0.270 e. The number of non-ortho nitro benzene ring substituents is 1. The second-order valence-corrected chi connectivity index (χ2v) is 5.39. The maximum absolute atomic E-state index is 10.8. The van der Waals surface area contributed by atoms with Crippen LogP contribution in [0.5, 0.6) is 0 Å². The van der Waals surface area contributed by atoms with Gasteiger partial charge in [0.25, 0.3) is 5.69 Å². The summed E-state index contributed by atoms with van der Waals surface area (Å²) in [6, 6.07) is 6.14. The highest BCUT2D eigenvalue weighted by Gasteiger charge is 2.23. The smallest absolute Gasteiger partial charge is 0.270 e. The predicted molar refractivity (Wildman–Crippen MR) is 76.9 cm³/mol. The first-order valence-corrected chi connectivity index (χ1v) is 7.06. The van der Waals surface area contributed by atoms with Gasteiger partial charge in [0.05, 0.1) is 11.5 Å². The van der Waals surface area contributed by atoms with Gasteiger partial charge in [0.15, 0.2) is 0 Å². The number of aromatic nitrogens is 2. The number of nitro groups is 1. The van der Waals surface area contributed by atoms with E-state index < -0.39 is 4.92 Å². The van der Waals surface area contributed by atoms with Gasteiger partial charge < -0.3 is 9.63 Å². The summed E-state index contributed by atoms with van der Waals surface area (Å²) >= 11 is 0. The standard InChI is InChI=1S/C14H16N4O4/c19-9-10-4-5-17(7-10)8-13-15-14(16-22-13)11-2-1-3-12(6-11)18(20)21/h1-3,6,10,19H,4-5,7-9H2. The molecule has 1 fully saturated rings. The van der Waals surface area contributed by atoms with Gasteiger partial charge >= 0.3 is 0 Å². The molecule has 1 saturated heterocycles. The summed E-state index contributed by atoms with van der Waals surface area (Å²) in [6.07, 6.45) is 0.961. The molecular weight excluding hydrogens is 288 g/mol. The van der Waals surface area contributed by atoms with Crippen LogP contribution in [0, 0.1) is 16.0 Å². The SMILES string of the molecule is O=[N+]([O-])c1cccc(-c2noc(CN3CCC(CO)C3)n2)c1. The van der Waals surface area contributed by atoms with E-state index in [9.17, 15) is 10.1 Å². The van der Waals surface area contributed by atoms with Crippen molar-refractivity contribution in [2.45, 2.75) is 13.0 Å². The fraction of sp³-hybridized carbons (Fsp3) is 0.429. The first-order chi connectivity index (χ1) is 10.7. The number of aliphatic hydroxyl groups excluding tert-OH is 1. The van der Waals surface area contributed by atoms with Crippen LogP contribution in [0.15, 0.2) is 28.8 Å². The van der Waals surface area contributed by atoms with Crippen molar-refractivity contribution in [1.82, 2.24) is 15.0 Å². The van der Waals surface area contributed by atoms with E-state index in [0.29, 0.717) is 29.7 Å². The number of hydrogen-bond acceptors (Lipinski definition) is 7. The lowest BCUT2D eigenvalue weighted by Gasteiger charge is -2.11. The van der Waals surface area contributed by atoms with Crippen LogP contribution in [0.2, 0.25) is 0 Å². The molecule has 3 rings (SSSR count). The Labute approximate surface area is 126 Å². The number of nitrogens with zero attached hydrogens (tertiary/aromatic N) is 4. The molecule has 0 bridgehead atoms. The molecule has 8 nitrogen and oxygen atoms in total. The minimum Gasteiger partial charge on any atom is -0.396 e. The molecule has 0 spiro atoms. The van der Waals surface area contributed by atoms with Gasteiger partial charge in [-0.3, -0.25) is 15.0 Å². The summed E-state index contributed by atoms with van der Waals surface area (Å²) < 4.78 is 5.22. The summed E-state index contributed by atoms with van der Waals surface area (Å²) in [5.41, 5.74) is 0.549. The fourth-order valence-corrected chi connectivity index (χ4v) is 2.59. The van der Waals surface area contributed by atoms with Crippen molar-refractivity contribution in [2.24, 2.45) is 5.92 Å². The highest BCUT2D eigenvalue weighted by Crippen LogP contribution is 2.22. The molecule has 8 heteroatoms. The van der Waals surface area contributed by atoms with Gasteiger partial charge in [0.1, 0.15) is 0 Å². The molecule has 2 heterocycles. The van der Waals surface area contributed by atoms with Crippen molar-refractivity contribution < 1.29 is 14.6 Å². The fourth-order valence-electron chi connectivity index (χ4n) is 2.59. The average molecular weight is 304 g/mol. The van der Waals surface area contributed by atoms with Crippen LogP contribution in [-0.4, -0.2) is 44.8 Å². The minimum absolute atomic E-state index is 0.00539. The number of likely N-dealkylation sites (tertiary alicyclic amines) is 1. The topological polar surface area (TPSA) is 106 Å². The first kappa shape index (κ1) is 14.6. The third kappa shape index (κ3) is 3.12. The van der Waals surface area contributed by atoms with Gasteiger partial charge in [-0.2, -0.15) is 4.98 Å². The van der Waals surface area contributed by atoms with Crippen LogP contribution in [0.1, 0.15) is 12.3 Å². The molecule has 22 heavy (non-hydrogen) atoms. The van der Waals surface area contributed by atoms with E-state index in [1.807, 2.05) is 0 Å². The van der Waals surface area contributed by atoms with E-state index in [-0.39, 0.29) is 12.3 Å². The van der Waals surface area contributed by atoms with E-state index in [0.717, 1.165) is 19.5 Å². The van der Waals surface area contributed by atoms with E-state index in [4.69, 9.17) is 9.63 Å². The average Bonchev–Trinajstić information content (AvgIpc) is 3.17. The summed E-state index contributed by atoms with van der Waals surface area (Å²) in [5.74, 6) is 1.12. The number of aliphatic hydroxyl groups is 1. The van der Waals surface area contributed by atoms with Crippen LogP contribution < -0.4 is 0 Å².